The Balaban J connectivity index is 0.000000220. The second kappa shape index (κ2) is 7.97. The molecule has 1 aliphatic carbocycles. The highest BCUT2D eigenvalue weighted by Gasteiger charge is 2.28. The van der Waals surface area contributed by atoms with Crippen LogP contribution in [-0.4, -0.2) is 22.2 Å². The van der Waals surface area contributed by atoms with Crippen LogP contribution in [0.5, 0.6) is 0 Å². The molecule has 0 bridgehead atoms. The minimum Gasteiger partial charge on any atom is -0.481 e. The Kier molecular flexibility index (Phi) is 6.60. The number of hydrogen-bond donors (Lipinski definition) is 2. The molecule has 0 spiro atoms. The van der Waals surface area contributed by atoms with Gasteiger partial charge < -0.3 is 10.2 Å². The molecule has 1 aliphatic rings. The quantitative estimate of drug-likeness (QED) is 0.861. The van der Waals surface area contributed by atoms with Gasteiger partial charge in [-0.1, -0.05) is 31.0 Å². The first-order valence-electron chi connectivity index (χ1n) is 7.73. The second-order valence-electron chi connectivity index (χ2n) is 6.63. The highest BCUT2D eigenvalue weighted by atomic mass is 16.4. The number of aliphatic carboxylic acids is 1. The number of carbonyl (C=O) groups is 2. The number of benzene rings is 1. The van der Waals surface area contributed by atoms with Crippen molar-refractivity contribution in [2.45, 2.75) is 47.0 Å². The van der Waals surface area contributed by atoms with E-state index in [1.165, 1.54) is 6.42 Å². The molecule has 4 heteroatoms. The van der Waals surface area contributed by atoms with Gasteiger partial charge in [-0.3, -0.25) is 4.79 Å². The fraction of sp³-hybridized carbons (Fsp3) is 0.556. The molecule has 0 heterocycles. The van der Waals surface area contributed by atoms with Gasteiger partial charge in [0.05, 0.1) is 11.5 Å². The standard InChI is InChI=1S/C9H16O2.C9H10O2/c2*1-6-3-7(2)5-8(4-6)9(10)11/h6-8H,3-5H2,1-2H3,(H,10,11);3-5H,1-2H3,(H,10,11)/t6-,7+,8?;. The summed E-state index contributed by atoms with van der Waals surface area (Å²) in [4.78, 5) is 21.2. The Bertz CT molecular complexity index is 506. The van der Waals surface area contributed by atoms with Crippen molar-refractivity contribution in [3.63, 3.8) is 0 Å². The Morgan fingerprint density at radius 2 is 1.36 bits per heavy atom. The first kappa shape index (κ1) is 18.2. The van der Waals surface area contributed by atoms with E-state index in [0.29, 0.717) is 17.4 Å². The third-order valence-corrected chi connectivity index (χ3v) is 4.00. The van der Waals surface area contributed by atoms with E-state index in [0.717, 1.165) is 24.0 Å². The second-order valence-corrected chi connectivity index (χ2v) is 6.63. The molecule has 0 amide bonds. The van der Waals surface area contributed by atoms with Gasteiger partial charge >= 0.3 is 11.9 Å². The maximum Gasteiger partial charge on any atom is 0.335 e. The first-order chi connectivity index (χ1) is 10.2. The van der Waals surface area contributed by atoms with Gasteiger partial charge in [-0.2, -0.15) is 0 Å². The molecule has 1 aromatic rings. The molecule has 1 fully saturated rings. The highest BCUT2D eigenvalue weighted by molar-refractivity contribution is 5.88. The Labute approximate surface area is 132 Å². The minimum absolute atomic E-state index is 0.0752. The largest absolute Gasteiger partial charge is 0.481 e. The average Bonchev–Trinajstić information content (AvgIpc) is 2.37. The van der Waals surface area contributed by atoms with E-state index in [1.807, 2.05) is 19.9 Å². The molecule has 0 aromatic heterocycles. The smallest absolute Gasteiger partial charge is 0.335 e. The first-order valence-corrected chi connectivity index (χ1v) is 7.73. The average molecular weight is 306 g/mol. The molecule has 1 aromatic carbocycles. The van der Waals surface area contributed by atoms with E-state index in [4.69, 9.17) is 10.2 Å². The van der Waals surface area contributed by atoms with Crippen molar-refractivity contribution >= 4 is 11.9 Å². The fourth-order valence-corrected chi connectivity index (χ4v) is 3.25. The molecule has 0 aliphatic heterocycles. The van der Waals surface area contributed by atoms with Crippen molar-refractivity contribution in [1.29, 1.82) is 0 Å². The predicted molar refractivity (Wildman–Crippen MR) is 86.2 cm³/mol. The monoisotopic (exact) mass is 306 g/mol. The molecular formula is C18H26O4. The molecule has 4 nitrogen and oxygen atoms in total. The summed E-state index contributed by atoms with van der Waals surface area (Å²) >= 11 is 0. The van der Waals surface area contributed by atoms with E-state index in [2.05, 4.69) is 13.8 Å². The molecule has 2 N–H and O–H groups in total. The van der Waals surface area contributed by atoms with Crippen LogP contribution >= 0.6 is 0 Å². The highest BCUT2D eigenvalue weighted by Crippen LogP contribution is 2.32. The van der Waals surface area contributed by atoms with Crippen LogP contribution < -0.4 is 0 Å². The van der Waals surface area contributed by atoms with Crippen LogP contribution in [0.3, 0.4) is 0 Å². The normalized spacial score (nSPS) is 24.1. The van der Waals surface area contributed by atoms with Gasteiger partial charge in [0.15, 0.2) is 0 Å². The number of carboxylic acid groups (broad SMARTS) is 2. The lowest BCUT2D eigenvalue weighted by molar-refractivity contribution is -0.143. The van der Waals surface area contributed by atoms with Gasteiger partial charge in [0.25, 0.3) is 0 Å². The van der Waals surface area contributed by atoms with Crippen molar-refractivity contribution in [3.05, 3.63) is 34.9 Å². The van der Waals surface area contributed by atoms with Crippen LogP contribution in [0.2, 0.25) is 0 Å². The number of carboxylic acids is 2. The van der Waals surface area contributed by atoms with Crippen LogP contribution in [0.25, 0.3) is 0 Å². The fourth-order valence-electron chi connectivity index (χ4n) is 3.25. The van der Waals surface area contributed by atoms with Gasteiger partial charge in [-0.25, -0.2) is 4.79 Å². The van der Waals surface area contributed by atoms with Gasteiger partial charge in [-0.05, 0) is 57.1 Å². The topological polar surface area (TPSA) is 74.6 Å². The SMILES string of the molecule is C[C@@H]1CC(C(=O)O)C[C@H](C)C1.Cc1cc(C)cc(C(=O)O)c1. The molecule has 1 unspecified atom stereocenters. The van der Waals surface area contributed by atoms with Crippen molar-refractivity contribution < 1.29 is 19.8 Å². The lowest BCUT2D eigenvalue weighted by Gasteiger charge is -2.28. The van der Waals surface area contributed by atoms with Gasteiger partial charge in [-0.15, -0.1) is 0 Å². The molecule has 122 valence electrons. The molecule has 0 radical (unpaired) electrons. The molecule has 1 saturated carbocycles. The van der Waals surface area contributed by atoms with Crippen molar-refractivity contribution in [2.75, 3.05) is 0 Å². The van der Waals surface area contributed by atoms with Crippen LogP contribution in [0.1, 0.15) is 54.6 Å². The predicted octanol–water partition coefficient (Wildman–Crippen LogP) is 4.14. The van der Waals surface area contributed by atoms with Crippen LogP contribution in [0.4, 0.5) is 0 Å². The summed E-state index contributed by atoms with van der Waals surface area (Å²) in [6.45, 7) is 8.07. The summed E-state index contributed by atoms with van der Waals surface area (Å²) in [5, 5.41) is 17.4. The van der Waals surface area contributed by atoms with Crippen LogP contribution in [-0.2, 0) is 4.79 Å². The number of hydrogen-bond acceptors (Lipinski definition) is 2. The Morgan fingerprint density at radius 3 is 1.73 bits per heavy atom. The molecule has 22 heavy (non-hydrogen) atoms. The molecule has 3 atom stereocenters. The maximum absolute atomic E-state index is 10.6. The van der Waals surface area contributed by atoms with E-state index in [1.54, 1.807) is 12.1 Å². The zero-order chi connectivity index (χ0) is 16.9. The number of aromatic carboxylic acids is 1. The Hall–Kier alpha value is -1.84. The zero-order valence-corrected chi connectivity index (χ0v) is 13.8. The van der Waals surface area contributed by atoms with Gasteiger partial charge in [0.1, 0.15) is 0 Å². The van der Waals surface area contributed by atoms with E-state index >= 15 is 0 Å². The number of rotatable bonds is 2. The Morgan fingerprint density at radius 1 is 0.909 bits per heavy atom. The lowest BCUT2D eigenvalue weighted by atomic mass is 9.77. The molecular weight excluding hydrogens is 280 g/mol. The van der Waals surface area contributed by atoms with Crippen LogP contribution in [0.15, 0.2) is 18.2 Å². The van der Waals surface area contributed by atoms with Gasteiger partial charge in [0.2, 0.25) is 0 Å². The molecule has 2 rings (SSSR count). The van der Waals surface area contributed by atoms with E-state index in [-0.39, 0.29) is 5.92 Å². The van der Waals surface area contributed by atoms with Crippen molar-refractivity contribution in [3.8, 4) is 0 Å². The van der Waals surface area contributed by atoms with Gasteiger partial charge in [0, 0.05) is 0 Å². The third kappa shape index (κ3) is 5.88. The lowest BCUT2D eigenvalue weighted by Crippen LogP contribution is -2.25. The maximum atomic E-state index is 10.6. The molecule has 0 saturated heterocycles. The third-order valence-electron chi connectivity index (χ3n) is 4.00. The summed E-state index contributed by atoms with van der Waals surface area (Å²) in [5.74, 6) is -0.353. The van der Waals surface area contributed by atoms with Crippen molar-refractivity contribution in [2.24, 2.45) is 17.8 Å². The summed E-state index contributed by atoms with van der Waals surface area (Å²) in [6, 6.07) is 5.27. The van der Waals surface area contributed by atoms with Crippen LogP contribution in [0, 0.1) is 31.6 Å². The summed E-state index contributed by atoms with van der Waals surface area (Å²) in [5.41, 5.74) is 2.34. The number of aryl methyl sites for hydroxylation is 2. The minimum atomic E-state index is -0.864. The van der Waals surface area contributed by atoms with E-state index < -0.39 is 11.9 Å². The summed E-state index contributed by atoms with van der Waals surface area (Å²) < 4.78 is 0. The van der Waals surface area contributed by atoms with E-state index in [9.17, 15) is 9.59 Å². The van der Waals surface area contributed by atoms with Crippen molar-refractivity contribution in [1.82, 2.24) is 0 Å². The zero-order valence-electron chi connectivity index (χ0n) is 13.8. The summed E-state index contributed by atoms with van der Waals surface area (Å²) in [6.07, 6.45) is 2.95. The summed E-state index contributed by atoms with van der Waals surface area (Å²) in [7, 11) is 0.